The van der Waals surface area contributed by atoms with Gasteiger partial charge in [0, 0.05) is 43.0 Å². The number of carbonyl (C=O) groups excluding carboxylic acids is 1. The molecule has 1 aromatic rings. The third-order valence-corrected chi connectivity index (χ3v) is 6.84. The summed E-state index contributed by atoms with van der Waals surface area (Å²) in [6, 6.07) is 0.680. The third-order valence-electron chi connectivity index (χ3n) is 6.61. The molecule has 1 amide bonds. The van der Waals surface area contributed by atoms with Crippen molar-refractivity contribution in [2.45, 2.75) is 76.7 Å². The van der Waals surface area contributed by atoms with Crippen LogP contribution in [-0.2, 0) is 14.1 Å². The van der Waals surface area contributed by atoms with Crippen LogP contribution in [0.15, 0.2) is 12.4 Å². The highest BCUT2D eigenvalue weighted by atomic mass is 35.5. The van der Waals surface area contributed by atoms with E-state index in [2.05, 4.69) is 14.9 Å². The van der Waals surface area contributed by atoms with Crippen molar-refractivity contribution in [3.05, 3.63) is 12.4 Å². The van der Waals surface area contributed by atoms with Crippen molar-refractivity contribution >= 4 is 36.0 Å². The van der Waals surface area contributed by atoms with Gasteiger partial charge in [0.05, 0.1) is 11.2 Å². The van der Waals surface area contributed by atoms with Gasteiger partial charge in [-0.1, -0.05) is 0 Å². The van der Waals surface area contributed by atoms with E-state index in [1.165, 1.54) is 0 Å². The Morgan fingerprint density at radius 2 is 1.79 bits per heavy atom. The van der Waals surface area contributed by atoms with Crippen LogP contribution in [-0.4, -0.2) is 70.1 Å². The zero-order valence-corrected chi connectivity index (χ0v) is 18.5. The molecule has 9 heteroatoms. The van der Waals surface area contributed by atoms with Crippen LogP contribution in [0, 0.1) is 0 Å². The first-order chi connectivity index (χ1) is 13.7. The molecule has 0 spiro atoms. The molecule has 0 N–H and O–H groups in total. The van der Waals surface area contributed by atoms with Crippen molar-refractivity contribution in [3.63, 3.8) is 0 Å². The molecule has 0 unspecified atom stereocenters. The molecule has 2 saturated heterocycles. The van der Waals surface area contributed by atoms with Crippen molar-refractivity contribution in [2.24, 2.45) is 0 Å². The lowest BCUT2D eigenvalue weighted by Crippen LogP contribution is -2.51. The van der Waals surface area contributed by atoms with Gasteiger partial charge in [-0.3, -0.25) is 4.79 Å². The summed E-state index contributed by atoms with van der Waals surface area (Å²) in [5.74, 6) is 0.761. The number of alkyl halides is 1. The number of anilines is 1. The van der Waals surface area contributed by atoms with Gasteiger partial charge in [0.1, 0.15) is 5.88 Å². The quantitative estimate of drug-likeness (QED) is 0.536. The lowest BCUT2D eigenvalue weighted by atomic mass is 9.81. The Bertz CT molecular complexity index is 741. The average molecular weight is 421 g/mol. The number of halogens is 1. The smallest absolute Gasteiger partial charge is 0.399 e. The van der Waals surface area contributed by atoms with Crippen LogP contribution in [0.1, 0.15) is 53.4 Å². The van der Waals surface area contributed by atoms with Crippen LogP contribution >= 0.6 is 11.6 Å². The normalized spacial score (nSPS) is 25.9. The van der Waals surface area contributed by atoms with Gasteiger partial charge in [-0.15, -0.1) is 11.6 Å². The fourth-order valence-electron chi connectivity index (χ4n) is 4.04. The highest BCUT2D eigenvalue weighted by Gasteiger charge is 2.52. The molecule has 0 aromatic carbocycles. The SMILES string of the molecule is CC1(C)OB(c2cnc(N(C3CC3)[C@@H]3CCCN(C(=O)CCl)C3)nc2)OC1(C)C. The molecule has 158 valence electrons. The van der Waals surface area contributed by atoms with Gasteiger partial charge in [-0.25, -0.2) is 9.97 Å². The average Bonchev–Trinajstić information content (AvgIpc) is 3.49. The molecule has 0 radical (unpaired) electrons. The van der Waals surface area contributed by atoms with Crippen molar-refractivity contribution in [1.29, 1.82) is 0 Å². The van der Waals surface area contributed by atoms with Crippen LogP contribution in [0.4, 0.5) is 5.95 Å². The third kappa shape index (κ3) is 4.12. The number of amides is 1. The number of aromatic nitrogens is 2. The predicted molar refractivity (Wildman–Crippen MR) is 114 cm³/mol. The summed E-state index contributed by atoms with van der Waals surface area (Å²) in [5.41, 5.74) is 0.0408. The number of hydrogen-bond donors (Lipinski definition) is 0. The maximum absolute atomic E-state index is 12.1. The van der Waals surface area contributed by atoms with Crippen LogP contribution in [0.2, 0.25) is 0 Å². The standard InChI is InChI=1S/C20H30BClN4O3/c1-19(2)20(3,4)29-21(28-19)14-11-23-18(24-12-14)26(15-7-8-15)16-6-5-9-25(13-16)17(27)10-22/h11-12,15-16H,5-10,13H2,1-4H3/t16-/m1/s1. The number of rotatable bonds is 5. The van der Waals surface area contributed by atoms with E-state index in [-0.39, 0.29) is 17.8 Å². The first kappa shape index (κ1) is 20.9. The van der Waals surface area contributed by atoms with E-state index in [0.717, 1.165) is 43.6 Å². The summed E-state index contributed by atoms with van der Waals surface area (Å²) in [6.45, 7) is 9.61. The Morgan fingerprint density at radius 1 is 1.17 bits per heavy atom. The van der Waals surface area contributed by atoms with Gasteiger partial charge < -0.3 is 19.1 Å². The summed E-state index contributed by atoms with van der Waals surface area (Å²) < 4.78 is 12.2. The second-order valence-corrected chi connectivity index (χ2v) is 9.58. The van der Waals surface area contributed by atoms with E-state index in [4.69, 9.17) is 20.9 Å². The lowest BCUT2D eigenvalue weighted by Gasteiger charge is -2.39. The minimum atomic E-state index is -0.463. The number of likely N-dealkylation sites (tertiary alicyclic amines) is 1. The molecule has 29 heavy (non-hydrogen) atoms. The molecule has 3 heterocycles. The van der Waals surface area contributed by atoms with Crippen LogP contribution in [0.5, 0.6) is 0 Å². The maximum atomic E-state index is 12.1. The molecule has 1 saturated carbocycles. The predicted octanol–water partition coefficient (Wildman–Crippen LogP) is 1.97. The Morgan fingerprint density at radius 3 is 2.34 bits per heavy atom. The van der Waals surface area contributed by atoms with Crippen molar-refractivity contribution in [2.75, 3.05) is 23.9 Å². The van der Waals surface area contributed by atoms with Gasteiger partial charge in [-0.2, -0.15) is 0 Å². The van der Waals surface area contributed by atoms with E-state index in [1.54, 1.807) is 0 Å². The minimum absolute atomic E-state index is 0.00383. The highest BCUT2D eigenvalue weighted by molar-refractivity contribution is 6.61. The Labute approximate surface area is 178 Å². The van der Waals surface area contributed by atoms with Crippen molar-refractivity contribution in [3.8, 4) is 0 Å². The van der Waals surface area contributed by atoms with Crippen LogP contribution < -0.4 is 10.4 Å². The number of carbonyl (C=O) groups is 1. The topological polar surface area (TPSA) is 67.8 Å². The minimum Gasteiger partial charge on any atom is -0.399 e. The number of hydrogen-bond acceptors (Lipinski definition) is 6. The van der Waals surface area contributed by atoms with E-state index >= 15 is 0 Å². The second kappa shape index (κ2) is 7.71. The largest absolute Gasteiger partial charge is 0.498 e. The maximum Gasteiger partial charge on any atom is 0.498 e. The second-order valence-electron chi connectivity index (χ2n) is 9.31. The van der Waals surface area contributed by atoms with Gasteiger partial charge in [0.2, 0.25) is 11.9 Å². The summed E-state index contributed by atoms with van der Waals surface area (Å²) in [4.78, 5) is 25.6. The number of piperidine rings is 1. The molecule has 2 aliphatic heterocycles. The van der Waals surface area contributed by atoms with Crippen LogP contribution in [0.3, 0.4) is 0 Å². The monoisotopic (exact) mass is 420 g/mol. The molecular weight excluding hydrogens is 391 g/mol. The first-order valence-electron chi connectivity index (χ1n) is 10.5. The van der Waals surface area contributed by atoms with E-state index in [0.29, 0.717) is 12.6 Å². The zero-order chi connectivity index (χ0) is 20.8. The Balaban J connectivity index is 1.50. The van der Waals surface area contributed by atoms with E-state index in [9.17, 15) is 4.79 Å². The summed E-state index contributed by atoms with van der Waals surface area (Å²) in [5, 5.41) is 0. The van der Waals surface area contributed by atoms with Gasteiger partial charge in [0.25, 0.3) is 0 Å². The van der Waals surface area contributed by atoms with Crippen molar-refractivity contribution < 1.29 is 14.1 Å². The van der Waals surface area contributed by atoms with Crippen LogP contribution in [0.25, 0.3) is 0 Å². The highest BCUT2D eigenvalue weighted by Crippen LogP contribution is 2.37. The molecule has 0 bridgehead atoms. The molecule has 1 aliphatic carbocycles. The number of nitrogens with zero attached hydrogens (tertiary/aromatic N) is 4. The van der Waals surface area contributed by atoms with Gasteiger partial charge in [0.15, 0.2) is 0 Å². The fraction of sp³-hybridized carbons (Fsp3) is 0.750. The Kier molecular flexibility index (Phi) is 5.55. The molecule has 3 fully saturated rings. The molecular formula is C20H30BClN4O3. The molecule has 7 nitrogen and oxygen atoms in total. The summed E-state index contributed by atoms with van der Waals surface area (Å²) in [6.07, 6.45) is 7.91. The summed E-state index contributed by atoms with van der Waals surface area (Å²) in [7, 11) is -0.463. The fourth-order valence-corrected chi connectivity index (χ4v) is 4.20. The molecule has 1 atom stereocenters. The summed E-state index contributed by atoms with van der Waals surface area (Å²) >= 11 is 5.77. The van der Waals surface area contributed by atoms with Gasteiger partial charge >= 0.3 is 7.12 Å². The lowest BCUT2D eigenvalue weighted by molar-refractivity contribution is -0.129. The zero-order valence-electron chi connectivity index (χ0n) is 17.7. The molecule has 1 aromatic heterocycles. The van der Waals surface area contributed by atoms with Crippen molar-refractivity contribution in [1.82, 2.24) is 14.9 Å². The Hall–Kier alpha value is -1.38. The van der Waals surface area contributed by atoms with Gasteiger partial charge in [-0.05, 0) is 53.4 Å². The molecule has 4 rings (SSSR count). The van der Waals surface area contributed by atoms with E-state index in [1.807, 2.05) is 45.0 Å². The van der Waals surface area contributed by atoms with E-state index < -0.39 is 18.3 Å². The molecule has 3 aliphatic rings. The first-order valence-corrected chi connectivity index (χ1v) is 11.0.